The molecule has 2 unspecified atom stereocenters. The highest BCUT2D eigenvalue weighted by atomic mass is 32.2. The van der Waals surface area contributed by atoms with E-state index in [-0.39, 0.29) is 30.8 Å². The topological polar surface area (TPSA) is 133 Å². The fourth-order valence-corrected chi connectivity index (χ4v) is 4.69. The van der Waals surface area contributed by atoms with E-state index in [4.69, 9.17) is 10.5 Å². The summed E-state index contributed by atoms with van der Waals surface area (Å²) >= 11 is 0. The van der Waals surface area contributed by atoms with Crippen molar-refractivity contribution in [3.63, 3.8) is 0 Å². The number of Topliss-reactive ketones (excluding diaryl/α,β-unsaturated/α-hetero) is 1. The zero-order valence-electron chi connectivity index (χ0n) is 15.2. The number of amides is 2. The minimum absolute atomic E-state index is 0.141. The van der Waals surface area contributed by atoms with E-state index in [1.165, 1.54) is 24.4 Å². The van der Waals surface area contributed by atoms with E-state index in [1.54, 1.807) is 0 Å². The van der Waals surface area contributed by atoms with Crippen LogP contribution in [0.4, 0.5) is 4.79 Å². The molecule has 9 nitrogen and oxygen atoms in total. The van der Waals surface area contributed by atoms with E-state index in [9.17, 15) is 22.8 Å². The van der Waals surface area contributed by atoms with Crippen LogP contribution in [-0.4, -0.2) is 54.3 Å². The summed E-state index contributed by atoms with van der Waals surface area (Å²) in [5.41, 5.74) is 5.44. The quantitative estimate of drug-likeness (QED) is 0.561. The maximum atomic E-state index is 13.1. The molecule has 27 heavy (non-hydrogen) atoms. The van der Waals surface area contributed by atoms with Crippen molar-refractivity contribution in [2.24, 2.45) is 5.73 Å². The van der Waals surface area contributed by atoms with E-state index in [1.807, 2.05) is 6.92 Å². The summed E-state index contributed by atoms with van der Waals surface area (Å²) in [6.45, 7) is 1.04. The van der Waals surface area contributed by atoms with Crippen molar-refractivity contribution < 1.29 is 31.4 Å². The van der Waals surface area contributed by atoms with Gasteiger partial charge in [0.15, 0.2) is 12.6 Å². The predicted octanol–water partition coefficient (Wildman–Crippen LogP) is 1.13. The van der Waals surface area contributed by atoms with Crippen LogP contribution in [0.1, 0.15) is 39.0 Å². The molecule has 148 valence electrons. The van der Waals surface area contributed by atoms with Crippen molar-refractivity contribution in [1.82, 2.24) is 4.98 Å². The lowest BCUT2D eigenvalue weighted by Gasteiger charge is -2.30. The van der Waals surface area contributed by atoms with Crippen LogP contribution in [0, 0.1) is 0 Å². The van der Waals surface area contributed by atoms with E-state index in [0.717, 1.165) is 6.42 Å². The first-order chi connectivity index (χ1) is 12.7. The van der Waals surface area contributed by atoms with Crippen LogP contribution < -0.4 is 5.73 Å². The number of primary amides is 1. The molecule has 1 aliphatic heterocycles. The van der Waals surface area contributed by atoms with Gasteiger partial charge in [-0.2, -0.15) is 8.42 Å². The van der Waals surface area contributed by atoms with Crippen LogP contribution in [0.3, 0.4) is 0 Å². The Kier molecular flexibility index (Phi) is 6.66. The predicted molar refractivity (Wildman–Crippen MR) is 94.6 cm³/mol. The van der Waals surface area contributed by atoms with Gasteiger partial charge in [-0.05, 0) is 25.0 Å². The van der Waals surface area contributed by atoms with Crippen LogP contribution >= 0.6 is 0 Å². The highest BCUT2D eigenvalue weighted by Crippen LogP contribution is 2.28. The third-order valence-electron chi connectivity index (χ3n) is 4.53. The third-order valence-corrected chi connectivity index (χ3v) is 6.71. The first kappa shape index (κ1) is 21.0. The normalized spacial score (nSPS) is 23.4. The highest BCUT2D eigenvalue weighted by Gasteiger charge is 2.53. The lowest BCUT2D eigenvalue weighted by Crippen LogP contribution is -2.61. The molecule has 1 aromatic rings. The van der Waals surface area contributed by atoms with Crippen molar-refractivity contribution in [3.8, 4) is 0 Å². The van der Waals surface area contributed by atoms with E-state index < -0.39 is 44.3 Å². The third kappa shape index (κ3) is 4.33. The standard InChI is InChI=1S/C17H23N3O6S/c1-2-3-9-16(22)26-14-7-6-11-20(17(18)23,12-13(14)21)27(24,25)15-8-4-5-10-19-15/h4-5,8,10,14H,2-3,6-7,9,11-12H2,1H3,(H-,18,23)/p+1. The Labute approximate surface area is 158 Å². The number of quaternary nitrogens is 1. The summed E-state index contributed by atoms with van der Waals surface area (Å²) in [5, 5.41) is -0.338. The molecule has 0 saturated carbocycles. The average Bonchev–Trinajstić information content (AvgIpc) is 2.81. The summed E-state index contributed by atoms with van der Waals surface area (Å²) in [5.74, 6) is -1.16. The number of ether oxygens (including phenoxy) is 1. The first-order valence-electron chi connectivity index (χ1n) is 8.80. The minimum Gasteiger partial charge on any atom is -0.454 e. The summed E-state index contributed by atoms with van der Waals surface area (Å²) < 4.78 is 30.1. The number of hydrogen-bond acceptors (Lipinski definition) is 7. The maximum absolute atomic E-state index is 13.1. The van der Waals surface area contributed by atoms with Crippen LogP contribution in [0.5, 0.6) is 0 Å². The van der Waals surface area contributed by atoms with Crippen LogP contribution in [0.15, 0.2) is 29.4 Å². The summed E-state index contributed by atoms with van der Waals surface area (Å²) in [6.07, 6.45) is 2.14. The molecule has 10 heteroatoms. The number of likely N-dealkylation sites (tertiary alicyclic amines) is 1. The van der Waals surface area contributed by atoms with Gasteiger partial charge in [-0.1, -0.05) is 19.4 Å². The Morgan fingerprint density at radius 3 is 2.70 bits per heavy atom. The number of rotatable bonds is 6. The Hall–Kier alpha value is -2.33. The van der Waals surface area contributed by atoms with E-state index in [2.05, 4.69) is 4.98 Å². The molecular formula is C17H24N3O6S+. The zero-order chi connectivity index (χ0) is 20.1. The number of hydrogen-bond donors (Lipinski definition) is 1. The number of ketones is 1. The fourth-order valence-electron chi connectivity index (χ4n) is 2.98. The van der Waals surface area contributed by atoms with Gasteiger partial charge in [0.1, 0.15) is 6.54 Å². The van der Waals surface area contributed by atoms with Gasteiger partial charge < -0.3 is 10.5 Å². The minimum atomic E-state index is -4.35. The summed E-state index contributed by atoms with van der Waals surface area (Å²) in [7, 11) is -4.35. The van der Waals surface area contributed by atoms with Crippen molar-refractivity contribution in [1.29, 1.82) is 0 Å². The summed E-state index contributed by atoms with van der Waals surface area (Å²) in [6, 6.07) is 3.09. The molecule has 0 aromatic carbocycles. The number of unbranched alkanes of at least 4 members (excludes halogenated alkanes) is 1. The molecule has 1 saturated heterocycles. The molecule has 2 heterocycles. The van der Waals surface area contributed by atoms with Crippen molar-refractivity contribution in [2.75, 3.05) is 13.1 Å². The summed E-state index contributed by atoms with van der Waals surface area (Å²) in [4.78, 5) is 40.5. The van der Waals surface area contributed by atoms with Gasteiger partial charge in [0.25, 0.3) is 0 Å². The van der Waals surface area contributed by atoms with Gasteiger partial charge in [-0.3, -0.25) is 9.59 Å². The maximum Gasteiger partial charge on any atom is 0.430 e. The van der Waals surface area contributed by atoms with Gasteiger partial charge >= 0.3 is 22.0 Å². The molecule has 1 aromatic heterocycles. The van der Waals surface area contributed by atoms with Crippen molar-refractivity contribution >= 4 is 27.8 Å². The number of sulfonamides is 1. The molecule has 2 atom stereocenters. The van der Waals surface area contributed by atoms with Crippen LogP contribution in [-0.2, 0) is 24.3 Å². The monoisotopic (exact) mass is 398 g/mol. The van der Waals surface area contributed by atoms with Gasteiger partial charge in [0, 0.05) is 19.0 Å². The zero-order valence-corrected chi connectivity index (χ0v) is 16.0. The Morgan fingerprint density at radius 2 is 2.11 bits per heavy atom. The number of carbonyl (C=O) groups excluding carboxylic acids is 3. The Balaban J connectivity index is 2.31. The van der Waals surface area contributed by atoms with Gasteiger partial charge in [0.2, 0.25) is 10.8 Å². The molecule has 0 spiro atoms. The smallest absolute Gasteiger partial charge is 0.430 e. The van der Waals surface area contributed by atoms with Crippen LogP contribution in [0.2, 0.25) is 0 Å². The lowest BCUT2D eigenvalue weighted by molar-refractivity contribution is -0.710. The second kappa shape index (κ2) is 8.57. The SMILES string of the molecule is CCCCC(=O)OC1CCC[N+](C(N)=O)(S(=O)(=O)c2ccccn2)CC1=O. The van der Waals surface area contributed by atoms with Gasteiger partial charge in [0.05, 0.1) is 0 Å². The number of nitrogens with zero attached hydrogens (tertiary/aromatic N) is 2. The fraction of sp³-hybridized carbons (Fsp3) is 0.529. The second-order valence-corrected chi connectivity index (χ2v) is 8.51. The average molecular weight is 398 g/mol. The lowest BCUT2D eigenvalue weighted by atomic mass is 10.1. The number of pyridine rings is 1. The number of esters is 1. The molecule has 0 bridgehead atoms. The molecule has 2 amide bonds. The van der Waals surface area contributed by atoms with Crippen molar-refractivity contribution in [3.05, 3.63) is 24.4 Å². The molecular weight excluding hydrogens is 374 g/mol. The molecule has 2 N–H and O–H groups in total. The van der Waals surface area contributed by atoms with E-state index >= 15 is 0 Å². The number of aromatic nitrogens is 1. The van der Waals surface area contributed by atoms with Crippen LogP contribution in [0.25, 0.3) is 0 Å². The molecule has 0 radical (unpaired) electrons. The Bertz CT molecular complexity index is 811. The van der Waals surface area contributed by atoms with Crippen molar-refractivity contribution in [2.45, 2.75) is 50.2 Å². The second-order valence-electron chi connectivity index (χ2n) is 6.44. The first-order valence-corrected chi connectivity index (χ1v) is 10.2. The number of carbonyl (C=O) groups is 3. The molecule has 0 aliphatic carbocycles. The van der Waals surface area contributed by atoms with E-state index in [0.29, 0.717) is 6.42 Å². The molecule has 2 rings (SSSR count). The highest BCUT2D eigenvalue weighted by molar-refractivity contribution is 7.86. The number of urea groups is 1. The molecule has 1 aliphatic rings. The van der Waals surface area contributed by atoms with Gasteiger partial charge in [-0.15, -0.1) is 3.89 Å². The largest absolute Gasteiger partial charge is 0.454 e. The number of nitrogens with two attached hydrogens (primary N) is 1. The Morgan fingerprint density at radius 1 is 1.37 bits per heavy atom. The van der Waals surface area contributed by atoms with Gasteiger partial charge in [-0.25, -0.2) is 9.78 Å². The molecule has 1 fully saturated rings.